The maximum Gasteiger partial charge on any atom is 0.225 e. The van der Waals surface area contributed by atoms with E-state index >= 15 is 0 Å². The molecule has 0 spiro atoms. The summed E-state index contributed by atoms with van der Waals surface area (Å²) in [5.41, 5.74) is 0. The quantitative estimate of drug-likeness (QED) is 0.393. The summed E-state index contributed by atoms with van der Waals surface area (Å²) in [6.07, 6.45) is -2.55. The van der Waals surface area contributed by atoms with E-state index in [4.69, 9.17) is 0 Å². The number of carbonyl (C=O) groups excluding carboxylic acids is 1. The molecular formula is C8H15NO4. The van der Waals surface area contributed by atoms with Crippen LogP contribution in [0.2, 0.25) is 0 Å². The predicted molar refractivity (Wildman–Crippen MR) is 44.8 cm³/mol. The van der Waals surface area contributed by atoms with E-state index in [0.717, 1.165) is 0 Å². The maximum absolute atomic E-state index is 11.2. The molecule has 13 heavy (non-hydrogen) atoms. The molecular weight excluding hydrogens is 174 g/mol. The molecule has 0 aliphatic heterocycles. The molecule has 0 heterocycles. The van der Waals surface area contributed by atoms with E-state index in [-0.39, 0.29) is 5.91 Å². The van der Waals surface area contributed by atoms with E-state index in [1.54, 1.807) is 0 Å². The molecule has 0 saturated heterocycles. The Balaban J connectivity index is 2.63. The molecule has 1 amide bonds. The van der Waals surface area contributed by atoms with Crippen molar-refractivity contribution in [2.75, 3.05) is 7.05 Å². The molecule has 1 fully saturated rings. The second-order valence-corrected chi connectivity index (χ2v) is 3.35. The van der Waals surface area contributed by atoms with Gasteiger partial charge < -0.3 is 20.6 Å². The number of rotatable bonds is 1. The van der Waals surface area contributed by atoms with Crippen molar-refractivity contribution in [3.05, 3.63) is 0 Å². The largest absolute Gasteiger partial charge is 0.390 e. The summed E-state index contributed by atoms with van der Waals surface area (Å²) in [6, 6.07) is 0. The Morgan fingerprint density at radius 1 is 1.23 bits per heavy atom. The van der Waals surface area contributed by atoms with Crippen molar-refractivity contribution in [2.45, 2.75) is 31.2 Å². The Morgan fingerprint density at radius 3 is 2.38 bits per heavy atom. The van der Waals surface area contributed by atoms with Crippen LogP contribution in [0.1, 0.15) is 12.8 Å². The number of hydrogen-bond acceptors (Lipinski definition) is 4. The molecule has 0 aromatic heterocycles. The van der Waals surface area contributed by atoms with Crippen molar-refractivity contribution in [3.63, 3.8) is 0 Å². The van der Waals surface area contributed by atoms with Gasteiger partial charge in [-0.15, -0.1) is 0 Å². The van der Waals surface area contributed by atoms with Crippen LogP contribution in [0.3, 0.4) is 0 Å². The molecule has 5 heteroatoms. The van der Waals surface area contributed by atoms with Crippen LogP contribution in [0.4, 0.5) is 0 Å². The van der Waals surface area contributed by atoms with E-state index in [1.807, 2.05) is 0 Å². The molecule has 1 aliphatic rings. The third kappa shape index (κ3) is 1.99. The minimum absolute atomic E-state index is 0.293. The summed E-state index contributed by atoms with van der Waals surface area (Å²) in [6.45, 7) is 0. The summed E-state index contributed by atoms with van der Waals surface area (Å²) in [5, 5.41) is 30.3. The van der Waals surface area contributed by atoms with Crippen LogP contribution < -0.4 is 5.32 Å². The lowest BCUT2D eigenvalue weighted by atomic mass is 9.82. The Hall–Kier alpha value is -0.650. The SMILES string of the molecule is CNC(=O)[C@@H]1CC[C@H](O)[C@@H](O)[C@@H]1O. The molecule has 1 rings (SSSR count). The zero-order valence-corrected chi connectivity index (χ0v) is 7.47. The molecule has 4 atom stereocenters. The van der Waals surface area contributed by atoms with Gasteiger partial charge in [0.2, 0.25) is 5.91 Å². The second-order valence-electron chi connectivity index (χ2n) is 3.35. The van der Waals surface area contributed by atoms with Gasteiger partial charge in [-0.3, -0.25) is 4.79 Å². The molecule has 4 N–H and O–H groups in total. The lowest BCUT2D eigenvalue weighted by Crippen LogP contribution is -2.50. The first-order valence-electron chi connectivity index (χ1n) is 4.33. The van der Waals surface area contributed by atoms with Gasteiger partial charge in [0.15, 0.2) is 0 Å². The zero-order valence-electron chi connectivity index (χ0n) is 7.47. The minimum atomic E-state index is -1.21. The molecule has 0 radical (unpaired) electrons. The Bertz CT molecular complexity index is 197. The highest BCUT2D eigenvalue weighted by Gasteiger charge is 2.39. The molecule has 0 bridgehead atoms. The summed E-state index contributed by atoms with van der Waals surface area (Å²) in [5.74, 6) is -0.901. The maximum atomic E-state index is 11.2. The molecule has 0 aromatic rings. The lowest BCUT2D eigenvalue weighted by Gasteiger charge is -2.33. The number of aliphatic hydroxyl groups is 3. The first kappa shape index (κ1) is 10.4. The fourth-order valence-electron chi connectivity index (χ4n) is 1.63. The average molecular weight is 189 g/mol. The van der Waals surface area contributed by atoms with Gasteiger partial charge in [0.25, 0.3) is 0 Å². The lowest BCUT2D eigenvalue weighted by molar-refractivity contribution is -0.144. The Morgan fingerprint density at radius 2 is 1.85 bits per heavy atom. The number of hydrogen-bond donors (Lipinski definition) is 4. The second kappa shape index (κ2) is 4.04. The van der Waals surface area contributed by atoms with Crippen LogP contribution in [0.15, 0.2) is 0 Å². The normalized spacial score (nSPS) is 40.0. The monoisotopic (exact) mass is 189 g/mol. The Kier molecular flexibility index (Phi) is 3.24. The molecule has 1 saturated carbocycles. The molecule has 0 unspecified atom stereocenters. The van der Waals surface area contributed by atoms with E-state index in [2.05, 4.69) is 5.32 Å². The summed E-state index contributed by atoms with van der Waals surface area (Å²) in [7, 11) is 1.48. The summed E-state index contributed by atoms with van der Waals surface area (Å²) >= 11 is 0. The zero-order chi connectivity index (χ0) is 10.0. The fourth-order valence-corrected chi connectivity index (χ4v) is 1.63. The van der Waals surface area contributed by atoms with Gasteiger partial charge in [-0.05, 0) is 12.8 Å². The highest BCUT2D eigenvalue weighted by atomic mass is 16.4. The van der Waals surface area contributed by atoms with Gasteiger partial charge in [0.05, 0.1) is 18.1 Å². The van der Waals surface area contributed by atoms with Gasteiger partial charge >= 0.3 is 0 Å². The van der Waals surface area contributed by atoms with Crippen LogP contribution in [0.25, 0.3) is 0 Å². The summed E-state index contributed by atoms with van der Waals surface area (Å²) in [4.78, 5) is 11.2. The van der Waals surface area contributed by atoms with Crippen molar-refractivity contribution in [3.8, 4) is 0 Å². The fraction of sp³-hybridized carbons (Fsp3) is 0.875. The van der Waals surface area contributed by atoms with E-state index < -0.39 is 24.2 Å². The third-order valence-electron chi connectivity index (χ3n) is 2.51. The number of amides is 1. The number of carbonyl (C=O) groups is 1. The average Bonchev–Trinajstić information content (AvgIpc) is 2.13. The highest BCUT2D eigenvalue weighted by molar-refractivity contribution is 5.79. The first-order valence-corrected chi connectivity index (χ1v) is 4.33. The van der Waals surface area contributed by atoms with Crippen LogP contribution in [0.5, 0.6) is 0 Å². The van der Waals surface area contributed by atoms with E-state index in [1.165, 1.54) is 7.05 Å². The van der Waals surface area contributed by atoms with Crippen LogP contribution in [-0.4, -0.2) is 46.6 Å². The van der Waals surface area contributed by atoms with Gasteiger partial charge in [-0.2, -0.15) is 0 Å². The smallest absolute Gasteiger partial charge is 0.225 e. The van der Waals surface area contributed by atoms with Crippen molar-refractivity contribution in [1.29, 1.82) is 0 Å². The standard InChI is InChI=1S/C8H15NO4/c1-9-8(13)4-2-3-5(10)7(12)6(4)11/h4-7,10-12H,2-3H2,1H3,(H,9,13)/t4-,5+,6-,7-/m1/s1. The summed E-state index contributed by atoms with van der Waals surface area (Å²) < 4.78 is 0. The molecule has 1 aliphatic carbocycles. The van der Waals surface area contributed by atoms with Crippen molar-refractivity contribution in [2.24, 2.45) is 5.92 Å². The minimum Gasteiger partial charge on any atom is -0.390 e. The van der Waals surface area contributed by atoms with Crippen LogP contribution in [-0.2, 0) is 4.79 Å². The molecule has 5 nitrogen and oxygen atoms in total. The third-order valence-corrected chi connectivity index (χ3v) is 2.51. The van der Waals surface area contributed by atoms with E-state index in [9.17, 15) is 20.1 Å². The van der Waals surface area contributed by atoms with Gasteiger partial charge in [-0.1, -0.05) is 0 Å². The van der Waals surface area contributed by atoms with Crippen molar-refractivity contribution < 1.29 is 20.1 Å². The van der Waals surface area contributed by atoms with Crippen molar-refractivity contribution >= 4 is 5.91 Å². The molecule has 76 valence electrons. The van der Waals surface area contributed by atoms with Gasteiger partial charge in [-0.25, -0.2) is 0 Å². The number of nitrogens with one attached hydrogen (secondary N) is 1. The van der Waals surface area contributed by atoms with Crippen LogP contribution >= 0.6 is 0 Å². The van der Waals surface area contributed by atoms with Gasteiger partial charge in [0, 0.05) is 7.05 Å². The van der Waals surface area contributed by atoms with Crippen molar-refractivity contribution in [1.82, 2.24) is 5.32 Å². The Labute approximate surface area is 76.4 Å². The molecule has 0 aromatic carbocycles. The predicted octanol–water partition coefficient (Wildman–Crippen LogP) is -1.77. The highest BCUT2D eigenvalue weighted by Crippen LogP contribution is 2.25. The van der Waals surface area contributed by atoms with Crippen LogP contribution in [0, 0.1) is 5.92 Å². The first-order chi connectivity index (χ1) is 6.07. The van der Waals surface area contributed by atoms with E-state index in [0.29, 0.717) is 12.8 Å². The topological polar surface area (TPSA) is 89.8 Å². The number of aliphatic hydroxyl groups excluding tert-OH is 3. The van der Waals surface area contributed by atoms with Gasteiger partial charge in [0.1, 0.15) is 6.10 Å².